The highest BCUT2D eigenvalue weighted by Crippen LogP contribution is 1.85. The molecule has 0 aliphatic carbocycles. The molecule has 0 heterocycles. The average molecular weight is 191 g/mol. The third kappa shape index (κ3) is 24.6. The molecule has 0 fully saturated rings. The summed E-state index contributed by atoms with van der Waals surface area (Å²) in [5, 5.41) is 9.85. The Morgan fingerprint density at radius 3 is 1.92 bits per heavy atom. The number of carbonyl (C=O) groups excluding carboxylic acids is 1. The zero-order valence-electron chi connectivity index (χ0n) is 9.22. The molecule has 4 heteroatoms. The Labute approximate surface area is 80.1 Å². The molecule has 1 atom stereocenters. The fourth-order valence-corrected chi connectivity index (χ4v) is 0.318. The van der Waals surface area contributed by atoms with Gasteiger partial charge in [-0.25, -0.2) is 0 Å². The number of carboxylic acids is 1. The van der Waals surface area contributed by atoms with Crippen LogP contribution in [0, 0.1) is 0 Å². The molecular weight excluding hydrogens is 170 g/mol. The largest absolute Gasteiger partial charge is 0.547 e. The Bertz CT molecular complexity index is 134. The van der Waals surface area contributed by atoms with Crippen molar-refractivity contribution in [3.05, 3.63) is 0 Å². The highest BCUT2D eigenvalue weighted by molar-refractivity contribution is 5.69. The lowest BCUT2D eigenvalue weighted by Gasteiger charge is -2.10. The Morgan fingerprint density at radius 1 is 1.54 bits per heavy atom. The van der Waals surface area contributed by atoms with Crippen LogP contribution in [0.3, 0.4) is 0 Å². The molecule has 4 nitrogen and oxygen atoms in total. The summed E-state index contributed by atoms with van der Waals surface area (Å²) in [6.07, 6.45) is -0.778. The summed E-state index contributed by atoms with van der Waals surface area (Å²) in [6.45, 7) is 9.82. The molecular formula is C9H21NO3. The molecule has 0 spiro atoms. The Kier molecular flexibility index (Phi) is 7.85. The van der Waals surface area contributed by atoms with Gasteiger partial charge in [0.2, 0.25) is 0 Å². The van der Waals surface area contributed by atoms with Gasteiger partial charge in [0.05, 0.1) is 17.6 Å². The lowest BCUT2D eigenvalue weighted by molar-refractivity contribution is -0.458. The average Bonchev–Trinajstić information content (AvgIpc) is 1.84. The van der Waals surface area contributed by atoms with E-state index in [1.54, 1.807) is 6.92 Å². The predicted molar refractivity (Wildman–Crippen MR) is 48.7 cm³/mol. The standard InChI is InChI=1S/C5H10O3.C4H11N/c1-3-8-4(2)5(6)7;1-4(2,3)5/h4H,3H2,1-2H3,(H,6,7);5H2,1-3H3. The van der Waals surface area contributed by atoms with E-state index >= 15 is 0 Å². The van der Waals surface area contributed by atoms with E-state index in [2.05, 4.69) is 31.2 Å². The number of rotatable bonds is 3. The van der Waals surface area contributed by atoms with Crippen LogP contribution in [0.25, 0.3) is 0 Å². The van der Waals surface area contributed by atoms with Crippen molar-refractivity contribution in [1.29, 1.82) is 0 Å². The maximum Gasteiger partial charge on any atom is 0.0940 e. The zero-order valence-corrected chi connectivity index (χ0v) is 9.22. The summed E-state index contributed by atoms with van der Waals surface area (Å²) in [6, 6.07) is 0. The van der Waals surface area contributed by atoms with Crippen molar-refractivity contribution in [3.8, 4) is 0 Å². The first kappa shape index (κ1) is 14.9. The van der Waals surface area contributed by atoms with Crippen molar-refractivity contribution in [3.63, 3.8) is 0 Å². The first-order valence-corrected chi connectivity index (χ1v) is 4.36. The van der Waals surface area contributed by atoms with Gasteiger partial charge in [0.25, 0.3) is 0 Å². The third-order valence-electron chi connectivity index (χ3n) is 0.749. The SMILES string of the molecule is CC(C)(C)[NH3+].CCOC(C)C(=O)[O-]. The lowest BCUT2D eigenvalue weighted by Crippen LogP contribution is -2.67. The molecule has 0 bridgehead atoms. The van der Waals surface area contributed by atoms with Crippen LogP contribution < -0.4 is 10.8 Å². The molecule has 0 rings (SSSR count). The quantitative estimate of drug-likeness (QED) is 0.633. The molecule has 0 aliphatic rings. The number of hydrogen-bond acceptors (Lipinski definition) is 3. The highest BCUT2D eigenvalue weighted by Gasteiger charge is 2.00. The van der Waals surface area contributed by atoms with Crippen LogP contribution in [0.4, 0.5) is 0 Å². The maximum atomic E-state index is 9.85. The van der Waals surface area contributed by atoms with Gasteiger partial charge in [-0.2, -0.15) is 0 Å². The van der Waals surface area contributed by atoms with Crippen LogP contribution in [-0.2, 0) is 9.53 Å². The van der Waals surface area contributed by atoms with Gasteiger partial charge >= 0.3 is 0 Å². The van der Waals surface area contributed by atoms with Crippen LogP contribution in [0.1, 0.15) is 34.6 Å². The van der Waals surface area contributed by atoms with Gasteiger partial charge in [-0.1, -0.05) is 0 Å². The predicted octanol–water partition coefficient (Wildman–Crippen LogP) is -0.812. The lowest BCUT2D eigenvalue weighted by atomic mass is 10.1. The van der Waals surface area contributed by atoms with E-state index in [0.29, 0.717) is 6.61 Å². The second kappa shape index (κ2) is 6.86. The van der Waals surface area contributed by atoms with E-state index in [9.17, 15) is 9.90 Å². The second-order valence-electron chi connectivity index (χ2n) is 3.98. The molecule has 0 saturated heterocycles. The van der Waals surface area contributed by atoms with E-state index in [0.717, 1.165) is 0 Å². The molecule has 0 aromatic carbocycles. The summed E-state index contributed by atoms with van der Waals surface area (Å²) in [4.78, 5) is 9.85. The van der Waals surface area contributed by atoms with Gasteiger partial charge in [-0.15, -0.1) is 0 Å². The smallest absolute Gasteiger partial charge is 0.0940 e. The van der Waals surface area contributed by atoms with Gasteiger partial charge in [-0.3, -0.25) is 0 Å². The van der Waals surface area contributed by atoms with Crippen molar-refractivity contribution in [1.82, 2.24) is 0 Å². The highest BCUT2D eigenvalue weighted by atomic mass is 16.5. The van der Waals surface area contributed by atoms with Crippen molar-refractivity contribution >= 4 is 5.97 Å². The summed E-state index contributed by atoms with van der Waals surface area (Å²) < 4.78 is 4.64. The van der Waals surface area contributed by atoms with E-state index in [1.807, 2.05) is 0 Å². The van der Waals surface area contributed by atoms with Crippen molar-refractivity contribution in [2.75, 3.05) is 6.61 Å². The van der Waals surface area contributed by atoms with E-state index in [1.165, 1.54) is 6.92 Å². The van der Waals surface area contributed by atoms with Crippen LogP contribution in [-0.4, -0.2) is 24.2 Å². The first-order valence-electron chi connectivity index (χ1n) is 4.36. The van der Waals surface area contributed by atoms with Crippen molar-refractivity contribution in [2.45, 2.75) is 46.3 Å². The van der Waals surface area contributed by atoms with Crippen LogP contribution in [0.2, 0.25) is 0 Å². The number of quaternary nitrogens is 1. The summed E-state index contributed by atoms with van der Waals surface area (Å²) in [5.74, 6) is -1.16. The number of hydrogen-bond donors (Lipinski definition) is 1. The normalized spacial score (nSPS) is 12.8. The summed E-state index contributed by atoms with van der Waals surface area (Å²) in [7, 11) is 0. The molecule has 13 heavy (non-hydrogen) atoms. The number of carbonyl (C=O) groups is 1. The Morgan fingerprint density at radius 2 is 1.85 bits per heavy atom. The topological polar surface area (TPSA) is 77.0 Å². The Balaban J connectivity index is 0. The minimum absolute atomic E-state index is 0.250. The van der Waals surface area contributed by atoms with Crippen LogP contribution >= 0.6 is 0 Å². The number of ether oxygens (including phenoxy) is 1. The van der Waals surface area contributed by atoms with Crippen molar-refractivity contribution in [2.24, 2.45) is 0 Å². The van der Waals surface area contributed by atoms with Gasteiger partial charge in [0.1, 0.15) is 0 Å². The van der Waals surface area contributed by atoms with Crippen LogP contribution in [0.5, 0.6) is 0 Å². The van der Waals surface area contributed by atoms with Gasteiger partial charge in [-0.05, 0) is 34.6 Å². The van der Waals surface area contributed by atoms with Crippen LogP contribution in [0.15, 0.2) is 0 Å². The summed E-state index contributed by atoms with van der Waals surface area (Å²) in [5.41, 5.74) is 4.02. The number of aliphatic carboxylic acids is 1. The minimum atomic E-state index is -1.16. The molecule has 80 valence electrons. The molecule has 0 radical (unpaired) electrons. The molecule has 3 N–H and O–H groups in total. The van der Waals surface area contributed by atoms with Crippen molar-refractivity contribution < 1.29 is 20.4 Å². The minimum Gasteiger partial charge on any atom is -0.547 e. The van der Waals surface area contributed by atoms with E-state index in [4.69, 9.17) is 0 Å². The summed E-state index contributed by atoms with van der Waals surface area (Å²) >= 11 is 0. The molecule has 0 saturated carbocycles. The van der Waals surface area contributed by atoms with Gasteiger partial charge < -0.3 is 20.4 Å². The van der Waals surface area contributed by atoms with Gasteiger partial charge in [0, 0.05) is 6.61 Å². The molecule has 0 amide bonds. The molecule has 1 unspecified atom stereocenters. The van der Waals surface area contributed by atoms with Gasteiger partial charge in [0.15, 0.2) is 0 Å². The third-order valence-corrected chi connectivity index (χ3v) is 0.749. The molecule has 0 aromatic heterocycles. The second-order valence-corrected chi connectivity index (χ2v) is 3.98. The fourth-order valence-electron chi connectivity index (χ4n) is 0.318. The Hall–Kier alpha value is -0.610. The first-order chi connectivity index (χ1) is 5.68. The molecule has 0 aromatic rings. The maximum absolute atomic E-state index is 9.85. The monoisotopic (exact) mass is 191 g/mol. The molecule has 0 aliphatic heterocycles. The zero-order chi connectivity index (χ0) is 11.1. The van der Waals surface area contributed by atoms with E-state index in [-0.39, 0.29) is 5.54 Å². The fraction of sp³-hybridized carbons (Fsp3) is 0.889. The number of carboxylic acid groups (broad SMARTS) is 1. The van der Waals surface area contributed by atoms with E-state index < -0.39 is 12.1 Å².